The molecule has 0 saturated carbocycles. The van der Waals surface area contributed by atoms with Crippen LogP contribution in [-0.4, -0.2) is 48.1 Å². The molecule has 0 aromatic heterocycles. The Kier molecular flexibility index (Phi) is 7.78. The van der Waals surface area contributed by atoms with E-state index in [0.29, 0.717) is 30.2 Å². The maximum atomic E-state index is 12.2. The predicted molar refractivity (Wildman–Crippen MR) is 102 cm³/mol. The van der Waals surface area contributed by atoms with Gasteiger partial charge in [0.25, 0.3) is 0 Å². The second-order valence-corrected chi connectivity index (χ2v) is 7.58. The van der Waals surface area contributed by atoms with Crippen molar-refractivity contribution in [1.82, 2.24) is 10.2 Å². The van der Waals surface area contributed by atoms with Crippen molar-refractivity contribution in [2.45, 2.75) is 37.6 Å². The van der Waals surface area contributed by atoms with E-state index in [2.05, 4.69) is 5.32 Å². The van der Waals surface area contributed by atoms with Crippen molar-refractivity contribution in [3.05, 3.63) is 34.9 Å². The van der Waals surface area contributed by atoms with Crippen LogP contribution in [0.1, 0.15) is 37.1 Å². The number of unbranched alkanes of at least 4 members (excludes halogenated alkanes) is 1. The van der Waals surface area contributed by atoms with Crippen molar-refractivity contribution in [2.24, 2.45) is 0 Å². The van der Waals surface area contributed by atoms with Crippen LogP contribution in [0.15, 0.2) is 24.3 Å². The number of amides is 2. The van der Waals surface area contributed by atoms with E-state index >= 15 is 0 Å². The van der Waals surface area contributed by atoms with Gasteiger partial charge in [-0.2, -0.15) is 0 Å². The second kappa shape index (κ2) is 9.83. The molecule has 1 aliphatic rings. The average molecular weight is 399 g/mol. The number of nitrogens with zero attached hydrogens (tertiary/aromatic N) is 1. The van der Waals surface area contributed by atoms with Crippen molar-refractivity contribution in [3.63, 3.8) is 0 Å². The van der Waals surface area contributed by atoms with Crippen LogP contribution < -0.4 is 5.32 Å². The van der Waals surface area contributed by atoms with Crippen LogP contribution in [0, 0.1) is 0 Å². The lowest BCUT2D eigenvalue weighted by Gasteiger charge is -2.24. The Labute approximate surface area is 162 Å². The quantitative estimate of drug-likeness (QED) is 0.538. The van der Waals surface area contributed by atoms with E-state index < -0.39 is 12.0 Å². The first kappa shape index (κ1) is 20.6. The number of thioether (sulfide) groups is 1. The van der Waals surface area contributed by atoms with Crippen molar-refractivity contribution in [2.75, 3.05) is 19.4 Å². The largest absolute Gasteiger partial charge is 0.467 e. The van der Waals surface area contributed by atoms with E-state index in [1.807, 2.05) is 29.2 Å². The molecule has 8 heteroatoms. The summed E-state index contributed by atoms with van der Waals surface area (Å²) >= 11 is 7.53. The number of hydrogen-bond acceptors (Lipinski definition) is 5. The number of carbonyl (C=O) groups excluding carboxylic acids is 3. The molecule has 1 aliphatic heterocycles. The molecule has 6 nitrogen and oxygen atoms in total. The molecule has 0 aliphatic carbocycles. The Morgan fingerprint density at radius 3 is 2.65 bits per heavy atom. The molecular formula is C18H23ClN2O4S. The third-order valence-corrected chi connectivity index (χ3v) is 5.64. The minimum absolute atomic E-state index is 0.00786. The number of benzene rings is 1. The molecule has 2 rings (SSSR count). The van der Waals surface area contributed by atoms with Crippen molar-refractivity contribution < 1.29 is 19.1 Å². The molecule has 2 unspecified atom stereocenters. The van der Waals surface area contributed by atoms with Gasteiger partial charge in [0.05, 0.1) is 12.9 Å². The highest BCUT2D eigenvalue weighted by Crippen LogP contribution is 2.39. The fourth-order valence-electron chi connectivity index (χ4n) is 2.87. The monoisotopic (exact) mass is 398 g/mol. The summed E-state index contributed by atoms with van der Waals surface area (Å²) in [4.78, 5) is 37.0. The highest BCUT2D eigenvalue weighted by Gasteiger charge is 2.32. The van der Waals surface area contributed by atoms with Crippen LogP contribution >= 0.6 is 23.4 Å². The van der Waals surface area contributed by atoms with Gasteiger partial charge in [-0.15, -0.1) is 11.8 Å². The maximum Gasteiger partial charge on any atom is 0.328 e. The van der Waals surface area contributed by atoms with Gasteiger partial charge in [0, 0.05) is 18.5 Å². The third kappa shape index (κ3) is 5.64. The highest BCUT2D eigenvalue weighted by atomic mass is 35.5. The lowest BCUT2D eigenvalue weighted by atomic mass is 10.1. The fourth-order valence-corrected chi connectivity index (χ4v) is 4.21. The van der Waals surface area contributed by atoms with Crippen LogP contribution in [0.5, 0.6) is 0 Å². The zero-order valence-electron chi connectivity index (χ0n) is 14.9. The zero-order chi connectivity index (χ0) is 19.1. The van der Waals surface area contributed by atoms with Gasteiger partial charge in [-0.1, -0.05) is 23.7 Å². The molecule has 1 saturated heterocycles. The minimum atomic E-state index is -0.645. The Balaban J connectivity index is 1.88. The number of esters is 1. The summed E-state index contributed by atoms with van der Waals surface area (Å²) in [5, 5.41) is 3.26. The normalized spacial score (nSPS) is 17.9. The number of ether oxygens (including phenoxy) is 1. The van der Waals surface area contributed by atoms with Gasteiger partial charge in [-0.25, -0.2) is 4.79 Å². The molecule has 1 heterocycles. The van der Waals surface area contributed by atoms with Crippen LogP contribution in [0.3, 0.4) is 0 Å². The minimum Gasteiger partial charge on any atom is -0.467 e. The van der Waals surface area contributed by atoms with Crippen molar-refractivity contribution in [1.29, 1.82) is 0 Å². The first-order chi connectivity index (χ1) is 12.4. The number of rotatable bonds is 8. The smallest absolute Gasteiger partial charge is 0.328 e. The number of carbonyl (C=O) groups is 3. The molecule has 0 radical (unpaired) electrons. The Bertz CT molecular complexity index is 653. The molecule has 0 spiro atoms. The van der Waals surface area contributed by atoms with Crippen molar-refractivity contribution >= 4 is 41.1 Å². The molecule has 0 bridgehead atoms. The summed E-state index contributed by atoms with van der Waals surface area (Å²) in [6.45, 7) is 1.97. The number of methoxy groups -OCH3 is 1. The Hall–Kier alpha value is -1.73. The lowest BCUT2D eigenvalue weighted by molar-refractivity contribution is -0.145. The lowest BCUT2D eigenvalue weighted by Crippen LogP contribution is -2.40. The summed E-state index contributed by atoms with van der Waals surface area (Å²) in [5.41, 5.74) is 1.05. The van der Waals surface area contributed by atoms with Crippen LogP contribution in [0.2, 0.25) is 5.02 Å². The van der Waals surface area contributed by atoms with Crippen LogP contribution in [0.4, 0.5) is 0 Å². The van der Waals surface area contributed by atoms with Gasteiger partial charge >= 0.3 is 5.97 Å². The van der Waals surface area contributed by atoms with Gasteiger partial charge in [0.2, 0.25) is 11.8 Å². The SMILES string of the molecule is COC(=O)C(CCCCN1C(=O)CSC1c1ccc(Cl)cc1)NC(C)=O. The Morgan fingerprint density at radius 1 is 1.35 bits per heavy atom. The number of halogens is 1. The first-order valence-electron chi connectivity index (χ1n) is 8.44. The summed E-state index contributed by atoms with van der Waals surface area (Å²) < 4.78 is 4.71. The predicted octanol–water partition coefficient (Wildman–Crippen LogP) is 2.76. The standard InChI is InChI=1S/C18H23ClN2O4S/c1-12(22)20-15(18(24)25-2)5-3-4-10-21-16(23)11-26-17(21)13-6-8-14(19)9-7-13/h6-9,15,17H,3-5,10-11H2,1-2H3,(H,20,22). The molecule has 1 aromatic rings. The van der Waals surface area contributed by atoms with Gasteiger partial charge in [-0.3, -0.25) is 9.59 Å². The topological polar surface area (TPSA) is 75.7 Å². The van der Waals surface area contributed by atoms with E-state index in [9.17, 15) is 14.4 Å². The molecule has 2 atom stereocenters. The summed E-state index contributed by atoms with van der Waals surface area (Å²) in [5.74, 6) is -0.146. The molecule has 1 N–H and O–H groups in total. The molecule has 142 valence electrons. The first-order valence-corrected chi connectivity index (χ1v) is 9.86. The third-order valence-electron chi connectivity index (χ3n) is 4.13. The summed E-state index contributed by atoms with van der Waals surface area (Å²) in [6.07, 6.45) is 1.92. The highest BCUT2D eigenvalue weighted by molar-refractivity contribution is 8.00. The van der Waals surface area contributed by atoms with E-state index in [-0.39, 0.29) is 17.2 Å². The van der Waals surface area contributed by atoms with Crippen LogP contribution in [-0.2, 0) is 19.1 Å². The summed E-state index contributed by atoms with van der Waals surface area (Å²) in [6, 6.07) is 6.89. The molecule has 1 fully saturated rings. The average Bonchev–Trinajstić information content (AvgIpc) is 2.98. The molecule has 26 heavy (non-hydrogen) atoms. The van der Waals surface area contributed by atoms with E-state index in [4.69, 9.17) is 16.3 Å². The van der Waals surface area contributed by atoms with Crippen LogP contribution in [0.25, 0.3) is 0 Å². The van der Waals surface area contributed by atoms with Gasteiger partial charge in [-0.05, 0) is 37.0 Å². The number of hydrogen-bond donors (Lipinski definition) is 1. The van der Waals surface area contributed by atoms with E-state index in [0.717, 1.165) is 12.0 Å². The van der Waals surface area contributed by atoms with Crippen molar-refractivity contribution in [3.8, 4) is 0 Å². The maximum absolute atomic E-state index is 12.2. The summed E-state index contributed by atoms with van der Waals surface area (Å²) in [7, 11) is 1.30. The second-order valence-electron chi connectivity index (χ2n) is 6.07. The van der Waals surface area contributed by atoms with Gasteiger partial charge in [0.1, 0.15) is 11.4 Å². The number of nitrogens with one attached hydrogen (secondary N) is 1. The zero-order valence-corrected chi connectivity index (χ0v) is 16.4. The van der Waals surface area contributed by atoms with E-state index in [1.54, 1.807) is 11.8 Å². The Morgan fingerprint density at radius 2 is 2.04 bits per heavy atom. The molecule has 1 aromatic carbocycles. The fraction of sp³-hybridized carbons (Fsp3) is 0.500. The van der Waals surface area contributed by atoms with Gasteiger partial charge < -0.3 is 15.0 Å². The molecular weight excluding hydrogens is 376 g/mol. The molecule has 2 amide bonds. The van der Waals surface area contributed by atoms with E-state index in [1.165, 1.54) is 14.0 Å². The van der Waals surface area contributed by atoms with Gasteiger partial charge in [0.15, 0.2) is 0 Å².